The maximum absolute atomic E-state index is 11.9. The molecule has 0 saturated heterocycles. The molecule has 24 heavy (non-hydrogen) atoms. The summed E-state index contributed by atoms with van der Waals surface area (Å²) in [5.41, 5.74) is 12.2. The summed E-state index contributed by atoms with van der Waals surface area (Å²) in [6.45, 7) is 1.32. The van der Waals surface area contributed by atoms with Crippen LogP contribution in [-0.4, -0.2) is 24.9 Å². The van der Waals surface area contributed by atoms with Gasteiger partial charge in [0.2, 0.25) is 11.8 Å². The average molecular weight is 334 g/mol. The fourth-order valence-corrected chi connectivity index (χ4v) is 2.34. The Kier molecular flexibility index (Phi) is 10.5. The Morgan fingerprint density at radius 2 is 1.21 bits per heavy atom. The maximum Gasteiger partial charge on any atom is 0.224 e. The second-order valence-electron chi connectivity index (χ2n) is 5.88. The van der Waals surface area contributed by atoms with E-state index in [2.05, 4.69) is 10.6 Å². The van der Waals surface area contributed by atoms with E-state index in [4.69, 9.17) is 11.5 Å². The third-order valence-corrected chi connectivity index (χ3v) is 3.65. The van der Waals surface area contributed by atoms with Gasteiger partial charge in [0.15, 0.2) is 0 Å². The van der Waals surface area contributed by atoms with E-state index in [0.29, 0.717) is 37.3 Å². The second kappa shape index (κ2) is 12.5. The lowest BCUT2D eigenvalue weighted by atomic mass is 10.1. The molecule has 0 aliphatic heterocycles. The van der Waals surface area contributed by atoms with Crippen molar-refractivity contribution in [1.82, 2.24) is 0 Å². The van der Waals surface area contributed by atoms with Crippen molar-refractivity contribution < 1.29 is 9.59 Å². The summed E-state index contributed by atoms with van der Waals surface area (Å²) in [7, 11) is 0. The van der Waals surface area contributed by atoms with Gasteiger partial charge in [-0.05, 0) is 57.0 Å². The molecule has 6 N–H and O–H groups in total. The lowest BCUT2D eigenvalue weighted by molar-refractivity contribution is -0.117. The molecule has 0 saturated carbocycles. The van der Waals surface area contributed by atoms with Gasteiger partial charge in [-0.3, -0.25) is 9.59 Å². The van der Waals surface area contributed by atoms with Crippen LogP contribution in [0.4, 0.5) is 11.4 Å². The van der Waals surface area contributed by atoms with Crippen molar-refractivity contribution in [3.05, 3.63) is 24.3 Å². The molecular formula is C18H30N4O2. The van der Waals surface area contributed by atoms with Crippen LogP contribution in [0.3, 0.4) is 0 Å². The summed E-state index contributed by atoms with van der Waals surface area (Å²) >= 11 is 0. The van der Waals surface area contributed by atoms with Gasteiger partial charge in [-0.1, -0.05) is 18.9 Å². The first-order valence-electron chi connectivity index (χ1n) is 8.75. The topological polar surface area (TPSA) is 110 Å². The van der Waals surface area contributed by atoms with Crippen molar-refractivity contribution in [2.75, 3.05) is 23.7 Å². The monoisotopic (exact) mass is 334 g/mol. The van der Waals surface area contributed by atoms with E-state index in [-0.39, 0.29) is 11.8 Å². The van der Waals surface area contributed by atoms with Gasteiger partial charge in [-0.2, -0.15) is 0 Å². The SMILES string of the molecule is NCCCCCC(=O)Nc1cccc(NC(=O)CCCCCN)c1. The van der Waals surface area contributed by atoms with Crippen LogP contribution in [0.15, 0.2) is 24.3 Å². The van der Waals surface area contributed by atoms with Crippen molar-refractivity contribution in [2.24, 2.45) is 11.5 Å². The summed E-state index contributed by atoms with van der Waals surface area (Å²) in [6, 6.07) is 7.22. The Hall–Kier alpha value is -1.92. The summed E-state index contributed by atoms with van der Waals surface area (Å²) in [6.07, 6.45) is 6.45. The number of carbonyl (C=O) groups is 2. The first-order chi connectivity index (χ1) is 11.7. The summed E-state index contributed by atoms with van der Waals surface area (Å²) < 4.78 is 0. The van der Waals surface area contributed by atoms with E-state index >= 15 is 0 Å². The first kappa shape index (κ1) is 20.1. The number of hydrogen-bond acceptors (Lipinski definition) is 4. The van der Waals surface area contributed by atoms with Crippen LogP contribution < -0.4 is 22.1 Å². The largest absolute Gasteiger partial charge is 0.330 e. The molecule has 0 heterocycles. The van der Waals surface area contributed by atoms with Gasteiger partial charge in [0.1, 0.15) is 0 Å². The number of hydrogen-bond donors (Lipinski definition) is 4. The summed E-state index contributed by atoms with van der Waals surface area (Å²) in [5.74, 6) is -0.0328. The highest BCUT2D eigenvalue weighted by Gasteiger charge is 2.05. The molecule has 0 aromatic heterocycles. The van der Waals surface area contributed by atoms with Gasteiger partial charge < -0.3 is 22.1 Å². The molecule has 2 amide bonds. The second-order valence-corrected chi connectivity index (χ2v) is 5.88. The van der Waals surface area contributed by atoms with Crippen molar-refractivity contribution in [2.45, 2.75) is 51.4 Å². The lowest BCUT2D eigenvalue weighted by Gasteiger charge is -2.09. The molecule has 0 fully saturated rings. The molecule has 6 heteroatoms. The van der Waals surface area contributed by atoms with Crippen LogP contribution in [0, 0.1) is 0 Å². The number of rotatable bonds is 12. The molecule has 1 aromatic carbocycles. The van der Waals surface area contributed by atoms with Crippen molar-refractivity contribution >= 4 is 23.2 Å². The molecule has 6 nitrogen and oxygen atoms in total. The van der Waals surface area contributed by atoms with Crippen LogP contribution >= 0.6 is 0 Å². The van der Waals surface area contributed by atoms with Crippen LogP contribution in [0.2, 0.25) is 0 Å². The smallest absolute Gasteiger partial charge is 0.224 e. The Morgan fingerprint density at radius 1 is 0.750 bits per heavy atom. The average Bonchev–Trinajstić information content (AvgIpc) is 2.56. The molecule has 1 aromatic rings. The predicted octanol–water partition coefficient (Wildman–Crippen LogP) is 2.60. The van der Waals surface area contributed by atoms with Gasteiger partial charge >= 0.3 is 0 Å². The number of nitrogens with two attached hydrogens (primary N) is 2. The molecule has 0 radical (unpaired) electrons. The number of carbonyl (C=O) groups excluding carboxylic acids is 2. The third-order valence-electron chi connectivity index (χ3n) is 3.65. The summed E-state index contributed by atoms with van der Waals surface area (Å²) in [5, 5.41) is 5.71. The minimum Gasteiger partial charge on any atom is -0.330 e. The predicted molar refractivity (Wildman–Crippen MR) is 98.7 cm³/mol. The van der Waals surface area contributed by atoms with Gasteiger partial charge in [0.05, 0.1) is 0 Å². The minimum absolute atomic E-state index is 0.0164. The number of amides is 2. The number of benzene rings is 1. The normalized spacial score (nSPS) is 10.4. The lowest BCUT2D eigenvalue weighted by Crippen LogP contribution is -2.13. The van der Waals surface area contributed by atoms with E-state index in [1.165, 1.54) is 0 Å². The Balaban J connectivity index is 2.37. The molecule has 0 aliphatic rings. The molecule has 134 valence electrons. The van der Waals surface area contributed by atoms with Crippen LogP contribution in [0.1, 0.15) is 51.4 Å². The van der Waals surface area contributed by atoms with Gasteiger partial charge in [0, 0.05) is 24.2 Å². The van der Waals surface area contributed by atoms with Crippen LogP contribution in [-0.2, 0) is 9.59 Å². The Labute approximate surface area is 144 Å². The molecule has 1 rings (SSSR count). The van der Waals surface area contributed by atoms with Gasteiger partial charge in [0.25, 0.3) is 0 Å². The van der Waals surface area contributed by atoms with Crippen molar-refractivity contribution in [3.63, 3.8) is 0 Å². The van der Waals surface area contributed by atoms with Gasteiger partial charge in [-0.25, -0.2) is 0 Å². The molecule has 0 bridgehead atoms. The van der Waals surface area contributed by atoms with Crippen molar-refractivity contribution in [3.8, 4) is 0 Å². The van der Waals surface area contributed by atoms with E-state index in [0.717, 1.165) is 38.5 Å². The molecule has 0 atom stereocenters. The van der Waals surface area contributed by atoms with E-state index in [1.807, 2.05) is 18.2 Å². The zero-order valence-corrected chi connectivity index (χ0v) is 14.4. The fourth-order valence-electron chi connectivity index (χ4n) is 2.34. The highest BCUT2D eigenvalue weighted by atomic mass is 16.2. The molecular weight excluding hydrogens is 304 g/mol. The zero-order valence-electron chi connectivity index (χ0n) is 14.4. The Bertz CT molecular complexity index is 464. The fraction of sp³-hybridized carbons (Fsp3) is 0.556. The van der Waals surface area contributed by atoms with Crippen LogP contribution in [0.5, 0.6) is 0 Å². The summed E-state index contributed by atoms with van der Waals surface area (Å²) in [4.78, 5) is 23.7. The highest BCUT2D eigenvalue weighted by Crippen LogP contribution is 2.16. The van der Waals surface area contributed by atoms with E-state index in [1.54, 1.807) is 6.07 Å². The maximum atomic E-state index is 11.9. The molecule has 0 aliphatic carbocycles. The van der Waals surface area contributed by atoms with E-state index < -0.39 is 0 Å². The number of unbranched alkanes of at least 4 members (excludes halogenated alkanes) is 4. The van der Waals surface area contributed by atoms with Gasteiger partial charge in [-0.15, -0.1) is 0 Å². The van der Waals surface area contributed by atoms with Crippen molar-refractivity contribution in [1.29, 1.82) is 0 Å². The highest BCUT2D eigenvalue weighted by molar-refractivity contribution is 5.94. The molecule has 0 unspecified atom stereocenters. The molecule has 0 spiro atoms. The van der Waals surface area contributed by atoms with Crippen LogP contribution in [0.25, 0.3) is 0 Å². The third kappa shape index (κ3) is 9.27. The Morgan fingerprint density at radius 3 is 1.62 bits per heavy atom. The standard InChI is InChI=1S/C18H30N4O2/c19-12-5-1-3-10-17(23)21-15-8-7-9-16(14-15)22-18(24)11-4-2-6-13-20/h7-9,14H,1-6,10-13,19-20H2,(H,21,23)(H,22,24). The minimum atomic E-state index is -0.0164. The number of nitrogens with one attached hydrogen (secondary N) is 2. The number of anilines is 2. The zero-order chi connectivity index (χ0) is 17.6. The van der Waals surface area contributed by atoms with E-state index in [9.17, 15) is 9.59 Å². The first-order valence-corrected chi connectivity index (χ1v) is 8.75. The quantitative estimate of drug-likeness (QED) is 0.440.